The number of aryl methyl sites for hydroxylation is 1. The van der Waals surface area contributed by atoms with Crippen LogP contribution in [-0.2, 0) is 10.0 Å². The first-order chi connectivity index (χ1) is 14.2. The third kappa shape index (κ3) is 3.66. The molecule has 0 radical (unpaired) electrons. The molecule has 152 valence electrons. The van der Waals surface area contributed by atoms with Crippen molar-refractivity contribution in [2.45, 2.75) is 11.8 Å². The summed E-state index contributed by atoms with van der Waals surface area (Å²) in [5.41, 5.74) is 9.81. The van der Waals surface area contributed by atoms with Crippen molar-refractivity contribution in [3.63, 3.8) is 0 Å². The van der Waals surface area contributed by atoms with E-state index in [2.05, 4.69) is 4.98 Å². The molecule has 0 bridgehead atoms. The maximum atomic E-state index is 11.9. The lowest BCUT2D eigenvalue weighted by atomic mass is 10.0. The third-order valence-corrected chi connectivity index (χ3v) is 5.86. The van der Waals surface area contributed by atoms with Crippen LogP contribution in [-0.4, -0.2) is 24.2 Å². The number of aromatic nitrogens is 1. The summed E-state index contributed by atoms with van der Waals surface area (Å²) in [7, 11) is -3.90. The van der Waals surface area contributed by atoms with Crippen LogP contribution in [0.15, 0.2) is 76.6 Å². The number of aliphatic imine (C=N–C) groups is 1. The number of benzene rings is 3. The van der Waals surface area contributed by atoms with E-state index in [0.29, 0.717) is 39.1 Å². The summed E-state index contributed by atoms with van der Waals surface area (Å²) in [6.07, 6.45) is 0. The van der Waals surface area contributed by atoms with Crippen LogP contribution in [0, 0.1) is 6.92 Å². The molecular weight excluding hydrogens is 400 g/mol. The summed E-state index contributed by atoms with van der Waals surface area (Å²) in [6, 6.07) is 19.3. The molecule has 1 aromatic heterocycles. The quantitative estimate of drug-likeness (QED) is 0.296. The van der Waals surface area contributed by atoms with E-state index < -0.39 is 10.0 Å². The molecule has 4 aromatic rings. The zero-order valence-electron chi connectivity index (χ0n) is 16.1. The Morgan fingerprint density at radius 2 is 1.77 bits per heavy atom. The number of fused-ring (bicyclic) bond motifs is 1. The Labute approximate surface area is 173 Å². The van der Waals surface area contributed by atoms with Gasteiger partial charge in [0, 0.05) is 22.2 Å². The van der Waals surface area contributed by atoms with E-state index >= 15 is 0 Å². The largest absolute Gasteiger partial charge is 0.494 e. The van der Waals surface area contributed by atoms with Gasteiger partial charge < -0.3 is 15.8 Å². The normalized spacial score (nSPS) is 12.4. The van der Waals surface area contributed by atoms with Gasteiger partial charge in [-0.3, -0.25) is 0 Å². The minimum absolute atomic E-state index is 0.00329. The molecule has 0 saturated heterocycles. The number of nitrogens with two attached hydrogens (primary N) is 2. The van der Waals surface area contributed by atoms with Crippen molar-refractivity contribution < 1.29 is 13.5 Å². The number of hydrogen-bond acceptors (Lipinski definition) is 5. The maximum absolute atomic E-state index is 11.9. The van der Waals surface area contributed by atoms with Crippen LogP contribution in [0.3, 0.4) is 0 Å². The Balaban J connectivity index is 2.01. The van der Waals surface area contributed by atoms with Gasteiger partial charge in [0.15, 0.2) is 5.88 Å². The van der Waals surface area contributed by atoms with Gasteiger partial charge in [-0.1, -0.05) is 36.4 Å². The number of primary sulfonamides is 1. The molecule has 0 aliphatic heterocycles. The van der Waals surface area contributed by atoms with E-state index in [4.69, 9.17) is 15.9 Å². The lowest BCUT2D eigenvalue weighted by Gasteiger charge is -2.09. The minimum Gasteiger partial charge on any atom is -0.494 e. The second kappa shape index (κ2) is 7.33. The Morgan fingerprint density at radius 3 is 2.47 bits per heavy atom. The molecule has 0 amide bonds. The summed E-state index contributed by atoms with van der Waals surface area (Å²) in [5, 5.41) is 16.7. The van der Waals surface area contributed by atoms with Crippen LogP contribution in [0.4, 0.5) is 11.4 Å². The van der Waals surface area contributed by atoms with Crippen LogP contribution in [0.2, 0.25) is 0 Å². The molecule has 8 heteroatoms. The highest BCUT2D eigenvalue weighted by Crippen LogP contribution is 2.33. The highest BCUT2D eigenvalue weighted by molar-refractivity contribution is 7.89. The summed E-state index contributed by atoms with van der Waals surface area (Å²) >= 11 is 0. The van der Waals surface area contributed by atoms with Crippen LogP contribution >= 0.6 is 0 Å². The molecule has 0 spiro atoms. The van der Waals surface area contributed by atoms with Gasteiger partial charge in [0.05, 0.1) is 21.9 Å². The molecule has 3 aromatic carbocycles. The van der Waals surface area contributed by atoms with E-state index in [1.165, 1.54) is 6.07 Å². The summed E-state index contributed by atoms with van der Waals surface area (Å²) in [4.78, 5) is 7.64. The predicted octanol–water partition coefficient (Wildman–Crippen LogP) is 3.58. The number of nitrogens with one attached hydrogen (secondary N) is 1. The van der Waals surface area contributed by atoms with Crippen molar-refractivity contribution in [3.8, 4) is 5.88 Å². The first-order valence-electron chi connectivity index (χ1n) is 9.12. The molecule has 0 fully saturated rings. The molecule has 7 nitrogen and oxygen atoms in total. The molecule has 30 heavy (non-hydrogen) atoms. The zero-order valence-corrected chi connectivity index (χ0v) is 16.9. The molecule has 0 aliphatic rings. The molecule has 1 heterocycles. The van der Waals surface area contributed by atoms with Crippen molar-refractivity contribution in [3.05, 3.63) is 83.4 Å². The SMILES string of the molecule is Cc1ccc(N=C(c2ccccc2)c2c(O)[nH]c3ccc(N)cc23)cc1S(N)(=O)=O. The molecule has 6 N–H and O–H groups in total. The fraction of sp³-hybridized carbons (Fsp3) is 0.0455. The minimum atomic E-state index is -3.90. The Kier molecular flexibility index (Phi) is 4.81. The number of nitrogen functional groups attached to an aromatic ring is 1. The molecule has 0 unspecified atom stereocenters. The summed E-state index contributed by atoms with van der Waals surface area (Å²) in [5.74, 6) is -0.0583. The van der Waals surface area contributed by atoms with Gasteiger partial charge >= 0.3 is 0 Å². The Bertz CT molecular complexity index is 1390. The standard InChI is InChI=1S/C22H20N4O3S/c1-13-7-9-16(12-19(13)30(24,28)29)25-21(14-5-3-2-4-6-14)20-17-11-15(23)8-10-18(17)26-22(20)27/h2-12,26-27H,23H2,1H3,(H2,24,28,29). The van der Waals surface area contributed by atoms with E-state index in [-0.39, 0.29) is 10.8 Å². The predicted molar refractivity (Wildman–Crippen MR) is 119 cm³/mol. The first kappa shape index (κ1) is 19.7. The smallest absolute Gasteiger partial charge is 0.238 e. The monoisotopic (exact) mass is 420 g/mol. The van der Waals surface area contributed by atoms with Crippen molar-refractivity contribution in [1.82, 2.24) is 4.98 Å². The molecule has 0 aliphatic carbocycles. The van der Waals surface area contributed by atoms with Crippen LogP contribution in [0.1, 0.15) is 16.7 Å². The van der Waals surface area contributed by atoms with Gasteiger partial charge in [0.25, 0.3) is 0 Å². The Hall–Kier alpha value is -3.62. The van der Waals surface area contributed by atoms with Crippen molar-refractivity contribution in [1.29, 1.82) is 0 Å². The maximum Gasteiger partial charge on any atom is 0.238 e. The second-order valence-electron chi connectivity index (χ2n) is 6.97. The van der Waals surface area contributed by atoms with Crippen molar-refractivity contribution in [2.75, 3.05) is 5.73 Å². The fourth-order valence-electron chi connectivity index (χ4n) is 3.39. The van der Waals surface area contributed by atoms with E-state index in [1.54, 1.807) is 37.3 Å². The Morgan fingerprint density at radius 1 is 1.03 bits per heavy atom. The average molecular weight is 420 g/mol. The lowest BCUT2D eigenvalue weighted by molar-refractivity contribution is 0.457. The molecular formula is C22H20N4O3S. The van der Waals surface area contributed by atoms with E-state index in [0.717, 1.165) is 5.56 Å². The highest BCUT2D eigenvalue weighted by atomic mass is 32.2. The van der Waals surface area contributed by atoms with Crippen LogP contribution in [0.25, 0.3) is 10.9 Å². The van der Waals surface area contributed by atoms with Crippen molar-refractivity contribution >= 4 is 38.0 Å². The number of aromatic amines is 1. The number of anilines is 1. The van der Waals surface area contributed by atoms with Gasteiger partial charge in [0.2, 0.25) is 10.0 Å². The number of hydrogen-bond donors (Lipinski definition) is 4. The van der Waals surface area contributed by atoms with Crippen LogP contribution in [0.5, 0.6) is 5.88 Å². The van der Waals surface area contributed by atoms with Crippen molar-refractivity contribution in [2.24, 2.45) is 10.1 Å². The molecule has 0 saturated carbocycles. The fourth-order valence-corrected chi connectivity index (χ4v) is 4.19. The zero-order chi connectivity index (χ0) is 21.5. The first-order valence-corrected chi connectivity index (χ1v) is 10.7. The number of nitrogens with zero attached hydrogens (tertiary/aromatic N) is 1. The third-order valence-electron chi connectivity index (χ3n) is 4.81. The van der Waals surface area contributed by atoms with Crippen LogP contribution < -0.4 is 10.9 Å². The average Bonchev–Trinajstić information content (AvgIpc) is 3.02. The second-order valence-corrected chi connectivity index (χ2v) is 8.50. The van der Waals surface area contributed by atoms with Gasteiger partial charge in [-0.25, -0.2) is 18.5 Å². The van der Waals surface area contributed by atoms with Gasteiger partial charge in [-0.15, -0.1) is 0 Å². The van der Waals surface area contributed by atoms with Gasteiger partial charge in [-0.2, -0.15) is 0 Å². The lowest BCUT2D eigenvalue weighted by Crippen LogP contribution is -2.13. The summed E-state index contributed by atoms with van der Waals surface area (Å²) in [6.45, 7) is 1.67. The number of aromatic hydroxyl groups is 1. The number of rotatable bonds is 4. The topological polar surface area (TPSA) is 135 Å². The van der Waals surface area contributed by atoms with E-state index in [9.17, 15) is 13.5 Å². The molecule has 0 atom stereocenters. The van der Waals surface area contributed by atoms with Gasteiger partial charge in [-0.05, 0) is 42.8 Å². The number of H-pyrrole nitrogens is 1. The highest BCUT2D eigenvalue weighted by Gasteiger charge is 2.19. The van der Waals surface area contributed by atoms with E-state index in [1.807, 2.05) is 30.3 Å². The number of sulfonamides is 1. The summed E-state index contributed by atoms with van der Waals surface area (Å²) < 4.78 is 23.9. The van der Waals surface area contributed by atoms with Gasteiger partial charge in [0.1, 0.15) is 0 Å². The molecule has 4 rings (SSSR count).